The first-order chi connectivity index (χ1) is 49.7. The summed E-state index contributed by atoms with van der Waals surface area (Å²) in [5.41, 5.74) is 21.2. The van der Waals surface area contributed by atoms with Crippen LogP contribution in [-0.4, -0.2) is 110 Å². The van der Waals surface area contributed by atoms with Crippen LogP contribution >= 0.6 is 0 Å². The molecule has 0 aliphatic carbocycles. The van der Waals surface area contributed by atoms with Crippen LogP contribution in [0.4, 0.5) is 23.3 Å². The van der Waals surface area contributed by atoms with Gasteiger partial charge in [0.15, 0.2) is 0 Å². The Morgan fingerprint density at radius 1 is 0.314 bits per heavy atom. The number of amidine groups is 8. The molecule has 4 atom stereocenters. The zero-order valence-corrected chi connectivity index (χ0v) is 57.3. The Labute approximate surface area is 580 Å². The third-order valence-electron chi connectivity index (χ3n) is 23.9. The predicted molar refractivity (Wildman–Crippen MR) is 385 cm³/mol. The van der Waals surface area contributed by atoms with Crippen LogP contribution < -0.4 is 40.9 Å². The average Bonchev–Trinajstić information content (AvgIpc) is 1.46. The largest absolute Gasteiger partial charge is 0.492 e. The molecule has 0 saturated carbocycles. The molecule has 488 valence electrons. The van der Waals surface area contributed by atoms with Gasteiger partial charge in [0.2, 0.25) is 45.2 Å². The third-order valence-corrected chi connectivity index (χ3v) is 23.9. The number of aliphatic imine (C=N–C) groups is 4. The van der Waals surface area contributed by atoms with E-state index in [0.717, 1.165) is 225 Å². The number of benzene rings is 8. The molecular weight excluding hydrogens is 1270 g/mol. The molecule has 0 amide bonds. The van der Waals surface area contributed by atoms with E-state index < -0.39 is 11.8 Å². The zero-order chi connectivity index (χ0) is 67.6. The smallest absolute Gasteiger partial charge is 0.404 e. The molecule has 14 aliphatic rings. The van der Waals surface area contributed by atoms with E-state index in [0.29, 0.717) is 26.4 Å². The lowest BCUT2D eigenvalue weighted by molar-refractivity contribution is -0.791. The summed E-state index contributed by atoms with van der Waals surface area (Å²) in [6, 6.07) is 43.2. The van der Waals surface area contributed by atoms with Crippen LogP contribution in [0.1, 0.15) is 103 Å². The van der Waals surface area contributed by atoms with E-state index in [4.69, 9.17) is 58.9 Å². The summed E-state index contributed by atoms with van der Waals surface area (Å²) in [5.74, 6) is 11.5. The summed E-state index contributed by atoms with van der Waals surface area (Å²) in [6.07, 6.45) is 0. The van der Waals surface area contributed by atoms with Gasteiger partial charge in [-0.1, -0.05) is 102 Å². The summed E-state index contributed by atoms with van der Waals surface area (Å²) in [5, 5.41) is 8.31. The quantitative estimate of drug-likeness (QED) is 0.138. The molecule has 12 aromatic rings. The van der Waals surface area contributed by atoms with Crippen molar-refractivity contribution in [2.24, 2.45) is 51.8 Å². The maximum atomic E-state index is 6.68. The highest BCUT2D eigenvalue weighted by Crippen LogP contribution is 2.58. The van der Waals surface area contributed by atoms with Gasteiger partial charge in [-0.25, -0.2) is 0 Å². The van der Waals surface area contributed by atoms with E-state index in [-0.39, 0.29) is 11.8 Å². The molecule has 102 heavy (non-hydrogen) atoms. The van der Waals surface area contributed by atoms with Gasteiger partial charge in [-0.3, -0.25) is 0 Å². The van der Waals surface area contributed by atoms with E-state index in [2.05, 4.69) is 227 Å². The maximum absolute atomic E-state index is 6.68. The van der Waals surface area contributed by atoms with E-state index in [1.807, 2.05) is 0 Å². The minimum atomic E-state index is -1.07. The summed E-state index contributed by atoms with van der Waals surface area (Å²) in [7, 11) is 0. The monoisotopic (exact) mass is 1330 g/mol. The van der Waals surface area contributed by atoms with Crippen LogP contribution in [0.2, 0.25) is 0 Å². The standard InChI is InChI=1S/2C41H30N8O2/c1-18-16-50-29-10-6-8-23-31(29)39-45-40-32-24(9-7-11-30(32)51-17-18)34-43-36-26-13-20(3)22(5)15-28(26)38-44-37-27-14-21(4)19(2)12-25(27)35-42-33(23)48(39)41(46(35)37,47(36)38)49(34)40;1-18-16-50-25-10-6-8-23-31(25)39-45-40-32-24(9-7-11-26(32)51-17-18)34-43-36-28-20(3)13-15-22(5)30(28)38-44-37-29-21(4)14-12-19(2)27(29)35-42-33(23)46(39)41(47(34)40,48(35)37)49(36)38/h2*6-15,18H,16-17H2,1-5H3/q2*+2. The molecule has 2 spiro atoms. The first kappa shape index (κ1) is 54.6. The van der Waals surface area contributed by atoms with Crippen molar-refractivity contribution >= 4 is 113 Å². The van der Waals surface area contributed by atoms with Crippen molar-refractivity contribution in [3.8, 4) is 23.0 Å². The lowest BCUT2D eigenvalue weighted by atomic mass is 9.98. The number of fused-ring (bicyclic) bond motifs is 16. The first-order valence-electron chi connectivity index (χ1n) is 35.3. The highest BCUT2D eigenvalue weighted by molar-refractivity contribution is 6.24. The normalized spacial score (nSPS) is 21.9. The van der Waals surface area contributed by atoms with Crippen LogP contribution in [0.25, 0.3) is 43.1 Å². The fraction of sp³-hybridized carbons (Fsp3) is 0.220. The van der Waals surface area contributed by atoms with E-state index in [1.54, 1.807) is 0 Å². The van der Waals surface area contributed by atoms with Crippen molar-refractivity contribution in [3.63, 3.8) is 0 Å². The predicted octanol–water partition coefficient (Wildman–Crippen LogP) is 10.7. The molecule has 0 fully saturated rings. The Balaban J connectivity index is 0.000000120. The number of aryl methyl sites for hydroxylation is 8. The Kier molecular flexibility index (Phi) is 9.33. The van der Waals surface area contributed by atoms with Gasteiger partial charge in [-0.15, -0.1) is 18.3 Å². The van der Waals surface area contributed by atoms with Gasteiger partial charge in [-0.2, -0.15) is 18.3 Å². The Bertz CT molecular complexity index is 7030. The minimum Gasteiger partial charge on any atom is -0.492 e. The van der Waals surface area contributed by atoms with Gasteiger partial charge in [0.1, 0.15) is 34.1 Å². The lowest BCUT2D eigenvalue weighted by Crippen LogP contribution is -2.71. The van der Waals surface area contributed by atoms with Crippen LogP contribution in [0.3, 0.4) is 0 Å². The molecule has 8 aromatic carbocycles. The summed E-state index contributed by atoms with van der Waals surface area (Å²) in [6.45, 7) is 23.8. The molecule has 20 nitrogen and oxygen atoms in total. The van der Waals surface area contributed by atoms with Crippen LogP contribution in [0, 0.1) is 67.2 Å². The highest BCUT2D eigenvalue weighted by atomic mass is 16.5. The molecule has 18 heterocycles. The van der Waals surface area contributed by atoms with Gasteiger partial charge in [0.05, 0.1) is 92.1 Å². The third kappa shape index (κ3) is 5.78. The number of hydrogen-bond acceptors (Lipinski definition) is 12. The Morgan fingerprint density at radius 2 is 0.735 bits per heavy atom. The number of ether oxygens (including phenoxy) is 4. The topological polar surface area (TPSA) is 168 Å². The molecular formula is C82H60N16O4+4. The summed E-state index contributed by atoms with van der Waals surface area (Å²) >= 11 is 0. The second-order valence-corrected chi connectivity index (χ2v) is 30.0. The summed E-state index contributed by atoms with van der Waals surface area (Å²) < 4.78 is 45.5. The molecule has 14 aliphatic heterocycles. The van der Waals surface area contributed by atoms with Crippen LogP contribution in [0.5, 0.6) is 23.0 Å². The molecule has 4 aromatic heterocycles. The number of aromatic nitrogens is 4. The second-order valence-electron chi connectivity index (χ2n) is 30.0. The average molecular weight is 1330 g/mol. The fourth-order valence-corrected chi connectivity index (χ4v) is 19.1. The van der Waals surface area contributed by atoms with Crippen molar-refractivity contribution in [2.45, 2.75) is 81.1 Å². The molecule has 0 N–H and O–H groups in total. The Morgan fingerprint density at radius 3 is 1.41 bits per heavy atom. The van der Waals surface area contributed by atoms with Crippen molar-refractivity contribution in [1.82, 2.24) is 18.3 Å². The summed E-state index contributed by atoms with van der Waals surface area (Å²) in [4.78, 5) is 45.0. The lowest BCUT2D eigenvalue weighted by Gasteiger charge is -2.40. The van der Waals surface area contributed by atoms with Crippen molar-refractivity contribution in [2.75, 3.05) is 26.4 Å². The fourth-order valence-electron chi connectivity index (χ4n) is 19.1. The van der Waals surface area contributed by atoms with Crippen LogP contribution in [0.15, 0.2) is 161 Å². The molecule has 4 unspecified atom stereocenters. The van der Waals surface area contributed by atoms with E-state index in [9.17, 15) is 0 Å². The molecule has 26 rings (SSSR count). The zero-order valence-electron chi connectivity index (χ0n) is 57.3. The second kappa shape index (κ2) is 17.4. The van der Waals surface area contributed by atoms with E-state index in [1.165, 1.54) is 22.3 Å². The van der Waals surface area contributed by atoms with Gasteiger partial charge >= 0.3 is 11.8 Å². The van der Waals surface area contributed by atoms with Gasteiger partial charge in [-0.05, 0) is 173 Å². The van der Waals surface area contributed by atoms with Crippen LogP contribution in [-0.2, 0) is 11.8 Å². The highest BCUT2D eigenvalue weighted by Gasteiger charge is 2.73. The van der Waals surface area contributed by atoms with Gasteiger partial charge in [0, 0.05) is 22.6 Å². The van der Waals surface area contributed by atoms with Crippen molar-refractivity contribution < 1.29 is 37.2 Å². The van der Waals surface area contributed by atoms with Gasteiger partial charge in [0.25, 0.3) is 46.7 Å². The van der Waals surface area contributed by atoms with E-state index >= 15 is 0 Å². The molecule has 4 bridgehead atoms. The SMILES string of the molecule is Cc1cc2c(cc1C)C1=[N+]3C2=Nc2c4cc(C)c(C)cc4c4n2C32n3c(c5cccc6c5c3=NC3=[N+]2C(=N4)c2cccc(c23)OCC(C)CO6)=N1.Cc1ccc(C)c2c1C1=Nc3c4cccc5c4c4n3C36n7c(c8c(C)ccc(C)c8c7=NC2=[N+]13)=NC1=[N+]6C(=N4)c2c(cccc21)OCC(C)CO5. The number of nitrogens with zero attached hydrogens (tertiary/aromatic N) is 16. The number of hydrogen-bond donors (Lipinski definition) is 0. The van der Waals surface area contributed by atoms with Gasteiger partial charge < -0.3 is 18.9 Å². The Hall–Kier alpha value is -12.3. The molecule has 0 radical (unpaired) electrons. The molecule has 0 saturated heterocycles. The first-order valence-corrected chi connectivity index (χ1v) is 35.3. The maximum Gasteiger partial charge on any atom is 0.404 e. The van der Waals surface area contributed by atoms with Crippen molar-refractivity contribution in [3.05, 3.63) is 232 Å². The molecule has 20 heteroatoms. The van der Waals surface area contributed by atoms with Crippen molar-refractivity contribution in [1.29, 1.82) is 0 Å². The minimum absolute atomic E-state index is 0.152. The number of rotatable bonds is 0.